The molecule has 0 spiro atoms. The second-order valence-electron chi connectivity index (χ2n) is 6.63. The van der Waals surface area contributed by atoms with Crippen LogP contribution in [0.15, 0.2) is 11.2 Å². The lowest BCUT2D eigenvalue weighted by Crippen LogP contribution is -2.45. The van der Waals surface area contributed by atoms with Gasteiger partial charge in [-0.1, -0.05) is 13.8 Å². The number of nitrogens with one attached hydrogen (secondary N) is 2. The zero-order valence-corrected chi connectivity index (χ0v) is 18.5. The summed E-state index contributed by atoms with van der Waals surface area (Å²) in [6.07, 6.45) is 4.51. The standard InChI is InChI=1S/C17H31N5S.HI/c1-5-18-17(21-11-16-19-9-14(4)23-16)20-10-15-7-6-8-22(15)12-13(2)3;/h9,13,15H,5-8,10-12H2,1-4H3,(H2,18,20,21);1H/t15-;/m1./s1. The quantitative estimate of drug-likeness (QED) is 0.369. The number of thiazole rings is 1. The molecule has 1 saturated heterocycles. The van der Waals surface area contributed by atoms with Gasteiger partial charge in [0.15, 0.2) is 5.96 Å². The first-order chi connectivity index (χ1) is 11.1. The lowest BCUT2D eigenvalue weighted by Gasteiger charge is -2.27. The van der Waals surface area contributed by atoms with Crippen molar-refractivity contribution in [2.24, 2.45) is 10.9 Å². The fourth-order valence-corrected chi connectivity index (χ4v) is 3.72. The van der Waals surface area contributed by atoms with Crippen molar-refractivity contribution in [1.29, 1.82) is 0 Å². The van der Waals surface area contributed by atoms with Crippen LogP contribution in [-0.4, -0.2) is 48.1 Å². The summed E-state index contributed by atoms with van der Waals surface area (Å²) >= 11 is 1.72. The predicted molar refractivity (Wildman–Crippen MR) is 115 cm³/mol. The number of likely N-dealkylation sites (tertiary alicyclic amines) is 1. The Bertz CT molecular complexity index is 503. The average molecular weight is 465 g/mol. The number of hydrogen-bond donors (Lipinski definition) is 2. The van der Waals surface area contributed by atoms with Crippen molar-refractivity contribution in [3.05, 3.63) is 16.1 Å². The van der Waals surface area contributed by atoms with Crippen molar-refractivity contribution in [3.63, 3.8) is 0 Å². The van der Waals surface area contributed by atoms with Crippen molar-refractivity contribution >= 4 is 41.3 Å². The molecule has 1 fully saturated rings. The van der Waals surface area contributed by atoms with Crippen molar-refractivity contribution in [2.75, 3.05) is 26.2 Å². The van der Waals surface area contributed by atoms with Gasteiger partial charge in [0.25, 0.3) is 0 Å². The maximum Gasteiger partial charge on any atom is 0.191 e. The normalized spacial score (nSPS) is 18.7. The number of hydrogen-bond acceptors (Lipinski definition) is 4. The summed E-state index contributed by atoms with van der Waals surface area (Å²) in [4.78, 5) is 12.9. The zero-order chi connectivity index (χ0) is 16.7. The van der Waals surface area contributed by atoms with E-state index in [0.29, 0.717) is 12.6 Å². The molecular formula is C17H32IN5S. The van der Waals surface area contributed by atoms with E-state index in [1.54, 1.807) is 11.3 Å². The highest BCUT2D eigenvalue weighted by molar-refractivity contribution is 14.0. The third kappa shape index (κ3) is 7.23. The van der Waals surface area contributed by atoms with Gasteiger partial charge in [-0.3, -0.25) is 4.90 Å². The molecule has 0 aromatic carbocycles. The topological polar surface area (TPSA) is 52.6 Å². The van der Waals surface area contributed by atoms with Crippen molar-refractivity contribution in [3.8, 4) is 0 Å². The monoisotopic (exact) mass is 465 g/mol. The Kier molecular flexibility index (Phi) is 10.1. The van der Waals surface area contributed by atoms with Gasteiger partial charge in [-0.25, -0.2) is 9.98 Å². The summed E-state index contributed by atoms with van der Waals surface area (Å²) < 4.78 is 0. The summed E-state index contributed by atoms with van der Waals surface area (Å²) in [7, 11) is 0. The Morgan fingerprint density at radius 2 is 2.25 bits per heavy atom. The first kappa shape index (κ1) is 21.6. The van der Waals surface area contributed by atoms with Gasteiger partial charge in [0.1, 0.15) is 5.01 Å². The van der Waals surface area contributed by atoms with E-state index in [2.05, 4.69) is 53.2 Å². The van der Waals surface area contributed by atoms with Crippen molar-refractivity contribution < 1.29 is 0 Å². The molecule has 2 heterocycles. The molecule has 0 aliphatic carbocycles. The average Bonchev–Trinajstić information content (AvgIpc) is 3.10. The van der Waals surface area contributed by atoms with Gasteiger partial charge in [0.2, 0.25) is 0 Å². The molecule has 1 aromatic rings. The Labute approximate surface area is 167 Å². The summed E-state index contributed by atoms with van der Waals surface area (Å²) in [6, 6.07) is 0.628. The van der Waals surface area contributed by atoms with Crippen molar-refractivity contribution in [1.82, 2.24) is 20.5 Å². The van der Waals surface area contributed by atoms with Crippen LogP contribution >= 0.6 is 35.3 Å². The predicted octanol–water partition coefficient (Wildman–Crippen LogP) is 3.25. The molecule has 0 unspecified atom stereocenters. The molecule has 1 aliphatic rings. The molecule has 138 valence electrons. The zero-order valence-electron chi connectivity index (χ0n) is 15.3. The number of aryl methyl sites for hydroxylation is 1. The number of halogens is 1. The molecule has 0 bridgehead atoms. The first-order valence-corrected chi connectivity index (χ1v) is 9.57. The molecular weight excluding hydrogens is 433 g/mol. The van der Waals surface area contributed by atoms with Crippen molar-refractivity contribution in [2.45, 2.75) is 53.1 Å². The van der Waals surface area contributed by atoms with E-state index in [1.807, 2.05) is 6.20 Å². The number of nitrogens with zero attached hydrogens (tertiary/aromatic N) is 3. The first-order valence-electron chi connectivity index (χ1n) is 8.76. The third-order valence-corrected chi connectivity index (χ3v) is 4.89. The second kappa shape index (κ2) is 11.3. The molecule has 24 heavy (non-hydrogen) atoms. The largest absolute Gasteiger partial charge is 0.357 e. The fourth-order valence-electron chi connectivity index (χ4n) is 3.01. The van der Waals surface area contributed by atoms with Gasteiger partial charge in [0.05, 0.1) is 6.54 Å². The van der Waals surface area contributed by atoms with Gasteiger partial charge in [-0.15, -0.1) is 35.3 Å². The summed E-state index contributed by atoms with van der Waals surface area (Å²) in [6.45, 7) is 13.7. The van der Waals surface area contributed by atoms with E-state index in [1.165, 1.54) is 30.8 Å². The summed E-state index contributed by atoms with van der Waals surface area (Å²) in [5.74, 6) is 1.63. The van der Waals surface area contributed by atoms with E-state index in [0.717, 1.165) is 30.0 Å². The molecule has 2 N–H and O–H groups in total. The summed E-state index contributed by atoms with van der Waals surface area (Å²) in [5.41, 5.74) is 0. The van der Waals surface area contributed by atoms with Gasteiger partial charge in [-0.05, 0) is 39.2 Å². The minimum Gasteiger partial charge on any atom is -0.357 e. The minimum absolute atomic E-state index is 0. The van der Waals surface area contributed by atoms with Crippen LogP contribution in [-0.2, 0) is 6.54 Å². The Balaban J connectivity index is 0.00000288. The van der Waals surface area contributed by atoms with Crippen LogP contribution in [0.4, 0.5) is 0 Å². The molecule has 7 heteroatoms. The lowest BCUT2D eigenvalue weighted by atomic mass is 10.1. The molecule has 0 amide bonds. The van der Waals surface area contributed by atoms with Crippen LogP contribution in [0.1, 0.15) is 43.5 Å². The number of aromatic nitrogens is 1. The highest BCUT2D eigenvalue weighted by Crippen LogP contribution is 2.18. The molecule has 1 aromatic heterocycles. The van der Waals surface area contributed by atoms with E-state index < -0.39 is 0 Å². The number of aliphatic imine (C=N–C) groups is 1. The number of guanidine groups is 1. The highest BCUT2D eigenvalue weighted by Gasteiger charge is 2.24. The maximum absolute atomic E-state index is 4.67. The van der Waals surface area contributed by atoms with Crippen LogP contribution in [0.5, 0.6) is 0 Å². The lowest BCUT2D eigenvalue weighted by molar-refractivity contribution is 0.226. The molecule has 0 radical (unpaired) electrons. The van der Waals surface area contributed by atoms with E-state index in [-0.39, 0.29) is 24.0 Å². The SMILES string of the molecule is CCNC(=NCc1ncc(C)s1)NC[C@H]1CCCN1CC(C)C.I. The van der Waals surface area contributed by atoms with E-state index in [9.17, 15) is 0 Å². The van der Waals surface area contributed by atoms with Crippen LogP contribution in [0, 0.1) is 12.8 Å². The molecule has 5 nitrogen and oxygen atoms in total. The minimum atomic E-state index is 0. The Morgan fingerprint density at radius 1 is 1.46 bits per heavy atom. The van der Waals surface area contributed by atoms with E-state index >= 15 is 0 Å². The summed E-state index contributed by atoms with van der Waals surface area (Å²) in [5, 5.41) is 7.92. The van der Waals surface area contributed by atoms with Gasteiger partial charge in [-0.2, -0.15) is 0 Å². The van der Waals surface area contributed by atoms with Crippen LogP contribution in [0.2, 0.25) is 0 Å². The Hall–Kier alpha value is -0.410. The Morgan fingerprint density at radius 3 is 2.88 bits per heavy atom. The fraction of sp³-hybridized carbons (Fsp3) is 0.765. The molecule has 1 atom stereocenters. The van der Waals surface area contributed by atoms with E-state index in [4.69, 9.17) is 0 Å². The molecule has 0 saturated carbocycles. The maximum atomic E-state index is 4.67. The number of rotatable bonds is 7. The second-order valence-corrected chi connectivity index (χ2v) is 7.94. The van der Waals surface area contributed by atoms with Gasteiger partial charge >= 0.3 is 0 Å². The highest BCUT2D eigenvalue weighted by atomic mass is 127. The van der Waals surface area contributed by atoms with Gasteiger partial charge < -0.3 is 10.6 Å². The molecule has 2 rings (SSSR count). The van der Waals surface area contributed by atoms with Gasteiger partial charge in [0, 0.05) is 36.8 Å². The smallest absolute Gasteiger partial charge is 0.191 e. The van der Waals surface area contributed by atoms with Crippen LogP contribution in [0.25, 0.3) is 0 Å². The molecule has 1 aliphatic heterocycles. The van der Waals surface area contributed by atoms with Crippen LogP contribution in [0.3, 0.4) is 0 Å². The van der Waals surface area contributed by atoms with Crippen LogP contribution < -0.4 is 10.6 Å². The third-order valence-electron chi connectivity index (χ3n) is 3.99.